The summed E-state index contributed by atoms with van der Waals surface area (Å²) < 4.78 is 4.18. The van der Waals surface area contributed by atoms with E-state index in [-0.39, 0.29) is 5.91 Å². The largest absolute Gasteiger partial charge is 0.339 e. The first kappa shape index (κ1) is 15.9. The molecule has 6 heteroatoms. The number of hydrogen-bond donors (Lipinski definition) is 0. The van der Waals surface area contributed by atoms with Crippen LogP contribution in [0.1, 0.15) is 31.6 Å². The fraction of sp³-hybridized carbons (Fsp3) is 0.421. The quantitative estimate of drug-likeness (QED) is 0.735. The number of aromatic nitrogens is 4. The summed E-state index contributed by atoms with van der Waals surface area (Å²) in [6.07, 6.45) is 8.56. The zero-order valence-electron chi connectivity index (χ0n) is 14.5. The summed E-state index contributed by atoms with van der Waals surface area (Å²) in [6, 6.07) is 8.36. The summed E-state index contributed by atoms with van der Waals surface area (Å²) in [6.45, 7) is 4.03. The molecule has 0 N–H and O–H groups in total. The van der Waals surface area contributed by atoms with Crippen molar-refractivity contribution in [2.24, 2.45) is 0 Å². The summed E-state index contributed by atoms with van der Waals surface area (Å²) in [7, 11) is 0. The van der Waals surface area contributed by atoms with Gasteiger partial charge in [-0.25, -0.2) is 9.97 Å². The molecule has 1 aliphatic rings. The highest BCUT2D eigenvalue weighted by molar-refractivity contribution is 5.81. The average Bonchev–Trinajstić information content (AvgIpc) is 3.30. The number of nitrogens with zero attached hydrogens (tertiary/aromatic N) is 5. The van der Waals surface area contributed by atoms with Crippen LogP contribution in [0.15, 0.2) is 43.0 Å². The lowest BCUT2D eigenvalue weighted by Gasteiger charge is -2.33. The first-order valence-electron chi connectivity index (χ1n) is 8.95. The van der Waals surface area contributed by atoms with E-state index in [1.54, 1.807) is 6.20 Å². The van der Waals surface area contributed by atoms with Gasteiger partial charge in [0.2, 0.25) is 5.91 Å². The van der Waals surface area contributed by atoms with Gasteiger partial charge in [-0.2, -0.15) is 0 Å². The Morgan fingerprint density at radius 3 is 3.00 bits per heavy atom. The predicted molar refractivity (Wildman–Crippen MR) is 96.2 cm³/mol. The maximum absolute atomic E-state index is 12.9. The van der Waals surface area contributed by atoms with Gasteiger partial charge in [0.25, 0.3) is 0 Å². The molecule has 3 aromatic rings. The molecule has 0 radical (unpaired) electrons. The van der Waals surface area contributed by atoms with Crippen LogP contribution < -0.4 is 0 Å². The van der Waals surface area contributed by atoms with E-state index in [2.05, 4.69) is 26.0 Å². The molecular formula is C19H23N5O. The van der Waals surface area contributed by atoms with E-state index in [0.29, 0.717) is 12.6 Å². The zero-order chi connectivity index (χ0) is 17.2. The van der Waals surface area contributed by atoms with E-state index in [9.17, 15) is 4.79 Å². The van der Waals surface area contributed by atoms with Crippen molar-refractivity contribution in [2.75, 3.05) is 13.1 Å². The highest BCUT2D eigenvalue weighted by atomic mass is 16.2. The van der Waals surface area contributed by atoms with Crippen LogP contribution in [-0.4, -0.2) is 43.0 Å². The SMILES string of the molecule is CCc1nc2ccccc2n1CC(=O)N1CCCC(n2ccnc2)C1. The molecular weight excluding hydrogens is 314 g/mol. The number of carbonyl (C=O) groups is 1. The predicted octanol–water partition coefficient (Wildman–Crippen LogP) is 2.66. The minimum absolute atomic E-state index is 0.169. The highest BCUT2D eigenvalue weighted by Gasteiger charge is 2.25. The maximum Gasteiger partial charge on any atom is 0.242 e. The van der Waals surface area contributed by atoms with Gasteiger partial charge in [-0.3, -0.25) is 4.79 Å². The first-order valence-corrected chi connectivity index (χ1v) is 8.95. The number of benzene rings is 1. The Morgan fingerprint density at radius 2 is 2.20 bits per heavy atom. The molecule has 6 nitrogen and oxygen atoms in total. The third-order valence-electron chi connectivity index (χ3n) is 5.04. The van der Waals surface area contributed by atoms with Crippen LogP contribution in [0.4, 0.5) is 0 Å². The standard InChI is InChI=1S/C19H23N5O/c1-2-18-21-16-7-3-4-8-17(16)24(18)13-19(25)22-10-5-6-15(12-22)23-11-9-20-14-23/h3-4,7-9,11,14-15H,2,5-6,10,12-13H2,1H3. The molecule has 0 spiro atoms. The van der Waals surface area contributed by atoms with Gasteiger partial charge in [0.1, 0.15) is 12.4 Å². The van der Waals surface area contributed by atoms with Crippen molar-refractivity contribution in [1.82, 2.24) is 24.0 Å². The van der Waals surface area contributed by atoms with Gasteiger partial charge in [-0.1, -0.05) is 19.1 Å². The Hall–Kier alpha value is -2.63. The molecule has 1 saturated heterocycles. The number of para-hydroxylation sites is 2. The van der Waals surface area contributed by atoms with Gasteiger partial charge in [0.05, 0.1) is 23.4 Å². The number of aryl methyl sites for hydroxylation is 1. The lowest BCUT2D eigenvalue weighted by Crippen LogP contribution is -2.42. The molecule has 0 aliphatic carbocycles. The molecule has 1 atom stereocenters. The summed E-state index contributed by atoms with van der Waals surface area (Å²) in [5.74, 6) is 1.14. The smallest absolute Gasteiger partial charge is 0.242 e. The Bertz CT molecular complexity index is 867. The zero-order valence-corrected chi connectivity index (χ0v) is 14.5. The molecule has 0 saturated carbocycles. The molecule has 130 valence electrons. The van der Waals surface area contributed by atoms with Crippen LogP contribution in [0.2, 0.25) is 0 Å². The minimum Gasteiger partial charge on any atom is -0.339 e. The van der Waals surface area contributed by atoms with E-state index in [0.717, 1.165) is 49.2 Å². The Balaban J connectivity index is 1.54. The van der Waals surface area contributed by atoms with E-state index >= 15 is 0 Å². The molecule has 1 amide bonds. The second-order valence-electron chi connectivity index (χ2n) is 6.60. The molecule has 1 aromatic carbocycles. The highest BCUT2D eigenvalue weighted by Crippen LogP contribution is 2.22. The van der Waals surface area contributed by atoms with E-state index < -0.39 is 0 Å². The van der Waals surface area contributed by atoms with Crippen molar-refractivity contribution in [2.45, 2.75) is 38.8 Å². The molecule has 25 heavy (non-hydrogen) atoms. The number of hydrogen-bond acceptors (Lipinski definition) is 3. The second-order valence-corrected chi connectivity index (χ2v) is 6.60. The number of piperidine rings is 1. The van der Waals surface area contributed by atoms with Crippen molar-refractivity contribution < 1.29 is 4.79 Å². The van der Waals surface area contributed by atoms with Crippen LogP contribution in [0, 0.1) is 0 Å². The van der Waals surface area contributed by atoms with Crippen molar-refractivity contribution >= 4 is 16.9 Å². The summed E-state index contributed by atoms with van der Waals surface area (Å²) in [5, 5.41) is 0. The molecule has 3 heterocycles. The third-order valence-corrected chi connectivity index (χ3v) is 5.04. The van der Waals surface area contributed by atoms with Gasteiger partial charge in [0.15, 0.2) is 0 Å². The van der Waals surface area contributed by atoms with E-state index in [1.165, 1.54) is 0 Å². The number of fused-ring (bicyclic) bond motifs is 1. The van der Waals surface area contributed by atoms with Gasteiger partial charge in [0, 0.05) is 31.9 Å². The number of rotatable bonds is 4. The summed E-state index contributed by atoms with van der Waals surface area (Å²) >= 11 is 0. The van der Waals surface area contributed by atoms with Gasteiger partial charge in [-0.15, -0.1) is 0 Å². The lowest BCUT2D eigenvalue weighted by molar-refractivity contribution is -0.133. The molecule has 1 unspecified atom stereocenters. The lowest BCUT2D eigenvalue weighted by atomic mass is 10.1. The molecule has 1 aliphatic heterocycles. The van der Waals surface area contributed by atoms with Crippen LogP contribution >= 0.6 is 0 Å². The van der Waals surface area contributed by atoms with Crippen LogP contribution in [0.3, 0.4) is 0 Å². The Labute approximate surface area is 147 Å². The number of amides is 1. The molecule has 2 aromatic heterocycles. The second kappa shape index (κ2) is 6.70. The van der Waals surface area contributed by atoms with E-state index in [1.807, 2.05) is 41.7 Å². The number of carbonyl (C=O) groups excluding carboxylic acids is 1. The first-order chi connectivity index (χ1) is 12.3. The topological polar surface area (TPSA) is 56.0 Å². The minimum atomic E-state index is 0.169. The Kier molecular flexibility index (Phi) is 4.26. The fourth-order valence-electron chi connectivity index (χ4n) is 3.72. The number of likely N-dealkylation sites (tertiary alicyclic amines) is 1. The average molecular weight is 337 g/mol. The fourth-order valence-corrected chi connectivity index (χ4v) is 3.72. The normalized spacial score (nSPS) is 18.0. The monoisotopic (exact) mass is 337 g/mol. The van der Waals surface area contributed by atoms with Crippen LogP contribution in [0.25, 0.3) is 11.0 Å². The van der Waals surface area contributed by atoms with Gasteiger partial charge in [-0.05, 0) is 25.0 Å². The molecule has 4 rings (SSSR count). The molecule has 0 bridgehead atoms. The van der Waals surface area contributed by atoms with Gasteiger partial charge < -0.3 is 14.0 Å². The van der Waals surface area contributed by atoms with Crippen LogP contribution in [-0.2, 0) is 17.8 Å². The summed E-state index contributed by atoms with van der Waals surface area (Å²) in [5.41, 5.74) is 2.00. The maximum atomic E-state index is 12.9. The molecule has 1 fully saturated rings. The Morgan fingerprint density at radius 1 is 1.32 bits per heavy atom. The van der Waals surface area contributed by atoms with Crippen molar-refractivity contribution in [1.29, 1.82) is 0 Å². The van der Waals surface area contributed by atoms with Crippen LogP contribution in [0.5, 0.6) is 0 Å². The van der Waals surface area contributed by atoms with Crippen molar-refractivity contribution in [3.63, 3.8) is 0 Å². The van der Waals surface area contributed by atoms with Crippen molar-refractivity contribution in [3.05, 3.63) is 48.8 Å². The van der Waals surface area contributed by atoms with Gasteiger partial charge >= 0.3 is 0 Å². The van der Waals surface area contributed by atoms with Crippen molar-refractivity contribution in [3.8, 4) is 0 Å². The number of imidazole rings is 2. The van der Waals surface area contributed by atoms with E-state index in [4.69, 9.17) is 0 Å². The third kappa shape index (κ3) is 3.04. The summed E-state index contributed by atoms with van der Waals surface area (Å²) in [4.78, 5) is 23.7.